The van der Waals surface area contributed by atoms with E-state index in [0.717, 1.165) is 18.2 Å². The van der Waals surface area contributed by atoms with Crippen molar-refractivity contribution in [3.63, 3.8) is 0 Å². The molecule has 112 valence electrons. The Hall–Kier alpha value is -3.42. The number of nitro groups is 1. The molecule has 2 rings (SSSR count). The van der Waals surface area contributed by atoms with E-state index in [4.69, 9.17) is 14.9 Å². The predicted octanol–water partition coefficient (Wildman–Crippen LogP) is 2.78. The van der Waals surface area contributed by atoms with Crippen molar-refractivity contribution in [2.75, 3.05) is 0 Å². The molecule has 8 heteroatoms. The van der Waals surface area contributed by atoms with Crippen LogP contribution in [0.25, 0.3) is 0 Å². The number of carboxylic acids is 2. The zero-order valence-corrected chi connectivity index (χ0v) is 10.9. The zero-order valence-electron chi connectivity index (χ0n) is 10.9. The molecule has 0 bridgehead atoms. The van der Waals surface area contributed by atoms with E-state index in [-0.39, 0.29) is 22.7 Å². The van der Waals surface area contributed by atoms with Gasteiger partial charge in [0, 0.05) is 12.1 Å². The molecule has 0 radical (unpaired) electrons. The maximum Gasteiger partial charge on any atom is 0.339 e. The van der Waals surface area contributed by atoms with Crippen molar-refractivity contribution in [2.45, 2.75) is 0 Å². The summed E-state index contributed by atoms with van der Waals surface area (Å²) in [6, 6.07) is 8.57. The summed E-state index contributed by atoms with van der Waals surface area (Å²) in [4.78, 5) is 32.0. The molecule has 0 spiro atoms. The smallest absolute Gasteiger partial charge is 0.339 e. The first kappa shape index (κ1) is 15.0. The molecule has 0 saturated carbocycles. The summed E-state index contributed by atoms with van der Waals surface area (Å²) >= 11 is 0. The van der Waals surface area contributed by atoms with Crippen molar-refractivity contribution < 1.29 is 29.5 Å². The van der Waals surface area contributed by atoms with Crippen LogP contribution in [0.2, 0.25) is 0 Å². The molecule has 0 aliphatic carbocycles. The number of carboxylic acid groups (broad SMARTS) is 2. The van der Waals surface area contributed by atoms with Gasteiger partial charge in [-0.2, -0.15) is 0 Å². The minimum atomic E-state index is -1.40. The Kier molecular flexibility index (Phi) is 4.03. The van der Waals surface area contributed by atoms with Crippen LogP contribution in [0, 0.1) is 10.1 Å². The highest BCUT2D eigenvalue weighted by Crippen LogP contribution is 2.29. The normalized spacial score (nSPS) is 10.0. The van der Waals surface area contributed by atoms with E-state index in [1.54, 1.807) is 0 Å². The molecule has 0 saturated heterocycles. The number of ether oxygens (including phenoxy) is 1. The highest BCUT2D eigenvalue weighted by atomic mass is 16.6. The summed E-state index contributed by atoms with van der Waals surface area (Å²) in [6.07, 6.45) is 0. The van der Waals surface area contributed by atoms with Gasteiger partial charge in [0.1, 0.15) is 17.1 Å². The summed E-state index contributed by atoms with van der Waals surface area (Å²) in [5, 5.41) is 28.7. The van der Waals surface area contributed by atoms with E-state index < -0.39 is 22.4 Å². The van der Waals surface area contributed by atoms with Crippen LogP contribution in [0.1, 0.15) is 20.7 Å². The standard InChI is InChI=1S/C14H9NO7/c16-13(17)8-2-1-3-10(6-8)22-12-5-4-9(15(20)21)7-11(12)14(18)19/h1-7H,(H,16,17)(H,18,19). The molecule has 2 N–H and O–H groups in total. The van der Waals surface area contributed by atoms with Crippen LogP contribution in [-0.4, -0.2) is 27.1 Å². The van der Waals surface area contributed by atoms with Crippen LogP contribution in [0.4, 0.5) is 5.69 Å². The van der Waals surface area contributed by atoms with E-state index in [0.29, 0.717) is 0 Å². The molecule has 0 amide bonds. The monoisotopic (exact) mass is 303 g/mol. The Balaban J connectivity index is 2.41. The van der Waals surface area contributed by atoms with Crippen molar-refractivity contribution in [3.8, 4) is 11.5 Å². The Labute approximate surface area is 123 Å². The molecular weight excluding hydrogens is 294 g/mol. The number of hydrogen-bond donors (Lipinski definition) is 2. The molecule has 0 aliphatic rings. The third-order valence-electron chi connectivity index (χ3n) is 2.71. The minimum Gasteiger partial charge on any atom is -0.478 e. The third kappa shape index (κ3) is 3.18. The van der Waals surface area contributed by atoms with Gasteiger partial charge in [-0.1, -0.05) is 6.07 Å². The molecule has 0 atom stereocenters. The predicted molar refractivity (Wildman–Crippen MR) is 73.5 cm³/mol. The van der Waals surface area contributed by atoms with Gasteiger partial charge in [-0.25, -0.2) is 9.59 Å². The van der Waals surface area contributed by atoms with Gasteiger partial charge in [-0.05, 0) is 24.3 Å². The first-order chi connectivity index (χ1) is 10.4. The first-order valence-corrected chi connectivity index (χ1v) is 5.91. The lowest BCUT2D eigenvalue weighted by Gasteiger charge is -2.09. The van der Waals surface area contributed by atoms with Crippen molar-refractivity contribution in [3.05, 3.63) is 63.7 Å². The molecule has 0 unspecified atom stereocenters. The quantitative estimate of drug-likeness (QED) is 0.642. The second kappa shape index (κ2) is 5.92. The zero-order chi connectivity index (χ0) is 16.3. The first-order valence-electron chi connectivity index (χ1n) is 5.91. The fourth-order valence-corrected chi connectivity index (χ4v) is 1.71. The van der Waals surface area contributed by atoms with Crippen LogP contribution in [0.15, 0.2) is 42.5 Å². The number of rotatable bonds is 5. The highest BCUT2D eigenvalue weighted by Gasteiger charge is 2.18. The van der Waals surface area contributed by atoms with Crippen molar-refractivity contribution >= 4 is 17.6 Å². The van der Waals surface area contributed by atoms with Crippen LogP contribution in [0.3, 0.4) is 0 Å². The number of hydrogen-bond acceptors (Lipinski definition) is 5. The summed E-state index contributed by atoms with van der Waals surface area (Å²) in [6.45, 7) is 0. The fourth-order valence-electron chi connectivity index (χ4n) is 1.71. The van der Waals surface area contributed by atoms with Gasteiger partial charge in [0.25, 0.3) is 5.69 Å². The molecule has 2 aromatic rings. The van der Waals surface area contributed by atoms with Crippen molar-refractivity contribution in [1.82, 2.24) is 0 Å². The Morgan fingerprint density at radius 3 is 2.36 bits per heavy atom. The van der Waals surface area contributed by atoms with Crippen LogP contribution >= 0.6 is 0 Å². The van der Waals surface area contributed by atoms with Gasteiger partial charge in [0.15, 0.2) is 0 Å². The maximum atomic E-state index is 11.2. The number of benzene rings is 2. The van der Waals surface area contributed by atoms with Gasteiger partial charge in [-0.15, -0.1) is 0 Å². The number of nitro benzene ring substituents is 1. The fraction of sp³-hybridized carbons (Fsp3) is 0. The minimum absolute atomic E-state index is 0.0312. The number of non-ortho nitro benzene ring substituents is 1. The lowest BCUT2D eigenvalue weighted by molar-refractivity contribution is -0.384. The van der Waals surface area contributed by atoms with Gasteiger partial charge in [0.05, 0.1) is 10.5 Å². The molecule has 0 fully saturated rings. The number of carbonyl (C=O) groups is 2. The second-order valence-corrected chi connectivity index (χ2v) is 4.18. The van der Waals surface area contributed by atoms with Crippen molar-refractivity contribution in [2.24, 2.45) is 0 Å². The highest BCUT2D eigenvalue weighted by molar-refractivity contribution is 5.92. The van der Waals surface area contributed by atoms with E-state index in [9.17, 15) is 19.7 Å². The Bertz CT molecular complexity index is 770. The number of nitrogens with zero attached hydrogens (tertiary/aromatic N) is 1. The lowest BCUT2D eigenvalue weighted by atomic mass is 10.1. The SMILES string of the molecule is O=C(O)c1cccc(Oc2ccc([N+](=O)[O-])cc2C(=O)O)c1. The molecule has 2 aromatic carbocycles. The van der Waals surface area contributed by atoms with E-state index >= 15 is 0 Å². The van der Waals surface area contributed by atoms with Crippen molar-refractivity contribution in [1.29, 1.82) is 0 Å². The lowest BCUT2D eigenvalue weighted by Crippen LogP contribution is -2.02. The molecule has 8 nitrogen and oxygen atoms in total. The summed E-state index contributed by atoms with van der Waals surface area (Å²) in [5.74, 6) is -2.57. The Morgan fingerprint density at radius 1 is 1.05 bits per heavy atom. The average molecular weight is 303 g/mol. The molecule has 0 aromatic heterocycles. The van der Waals surface area contributed by atoms with Crippen LogP contribution in [0.5, 0.6) is 11.5 Å². The second-order valence-electron chi connectivity index (χ2n) is 4.18. The van der Waals surface area contributed by atoms with Crippen LogP contribution in [-0.2, 0) is 0 Å². The molecular formula is C14H9NO7. The maximum absolute atomic E-state index is 11.2. The molecule has 0 aliphatic heterocycles. The average Bonchev–Trinajstić information content (AvgIpc) is 2.47. The number of aromatic carboxylic acids is 2. The van der Waals surface area contributed by atoms with E-state index in [1.165, 1.54) is 24.3 Å². The van der Waals surface area contributed by atoms with E-state index in [2.05, 4.69) is 0 Å². The van der Waals surface area contributed by atoms with E-state index in [1.807, 2.05) is 0 Å². The van der Waals surface area contributed by atoms with Gasteiger partial charge >= 0.3 is 11.9 Å². The van der Waals surface area contributed by atoms with Gasteiger partial charge < -0.3 is 14.9 Å². The summed E-state index contributed by atoms with van der Waals surface area (Å²) in [5.41, 5.74) is -0.810. The molecule has 22 heavy (non-hydrogen) atoms. The summed E-state index contributed by atoms with van der Waals surface area (Å²) in [7, 11) is 0. The van der Waals surface area contributed by atoms with Gasteiger partial charge in [0.2, 0.25) is 0 Å². The van der Waals surface area contributed by atoms with Gasteiger partial charge in [-0.3, -0.25) is 10.1 Å². The molecule has 0 heterocycles. The Morgan fingerprint density at radius 2 is 1.77 bits per heavy atom. The van der Waals surface area contributed by atoms with Crippen LogP contribution < -0.4 is 4.74 Å². The summed E-state index contributed by atoms with van der Waals surface area (Å²) < 4.78 is 5.33. The topological polar surface area (TPSA) is 127 Å². The largest absolute Gasteiger partial charge is 0.478 e. The third-order valence-corrected chi connectivity index (χ3v) is 2.71.